The Hall–Kier alpha value is -0.220. The van der Waals surface area contributed by atoms with Gasteiger partial charge >= 0.3 is 7.60 Å². The van der Waals surface area contributed by atoms with E-state index in [2.05, 4.69) is 0 Å². The number of ether oxygens (including phenoxy) is 1. The van der Waals surface area contributed by atoms with Gasteiger partial charge in [-0.3, -0.25) is 9.36 Å². The van der Waals surface area contributed by atoms with E-state index >= 15 is 0 Å². The van der Waals surface area contributed by atoms with Crippen molar-refractivity contribution in [2.45, 2.75) is 32.3 Å². The summed E-state index contributed by atoms with van der Waals surface area (Å²) in [7, 11) is -2.88. The second-order valence-electron chi connectivity index (χ2n) is 3.16. The lowest BCUT2D eigenvalue weighted by molar-refractivity contribution is -0.126. The Morgan fingerprint density at radius 3 is 2.43 bits per heavy atom. The summed E-state index contributed by atoms with van der Waals surface area (Å²) < 4.78 is 15.4. The van der Waals surface area contributed by atoms with Gasteiger partial charge in [-0.25, -0.2) is 0 Å². The van der Waals surface area contributed by atoms with Crippen molar-refractivity contribution in [1.82, 2.24) is 0 Å². The average Bonchev–Trinajstić information content (AvgIpc) is 2.02. The van der Waals surface area contributed by atoms with Crippen LogP contribution in [-0.2, 0) is 14.1 Å². The Morgan fingerprint density at radius 1 is 1.50 bits per heavy atom. The SMILES string of the molecule is CCCCC(OC)C(=O)CP(=O)(O)O. The molecule has 0 heterocycles. The third kappa shape index (κ3) is 6.27. The maximum Gasteiger partial charge on any atom is 0.333 e. The summed E-state index contributed by atoms with van der Waals surface area (Å²) in [5.74, 6) is -0.519. The lowest BCUT2D eigenvalue weighted by Gasteiger charge is -2.13. The molecule has 14 heavy (non-hydrogen) atoms. The minimum atomic E-state index is -4.25. The van der Waals surface area contributed by atoms with Crippen molar-refractivity contribution in [3.8, 4) is 0 Å². The lowest BCUT2D eigenvalue weighted by atomic mass is 10.1. The quantitative estimate of drug-likeness (QED) is 0.628. The first kappa shape index (κ1) is 13.8. The summed E-state index contributed by atoms with van der Waals surface area (Å²) >= 11 is 0. The van der Waals surface area contributed by atoms with Crippen molar-refractivity contribution in [3.63, 3.8) is 0 Å². The van der Waals surface area contributed by atoms with Crippen molar-refractivity contribution < 1.29 is 23.9 Å². The molecule has 0 radical (unpaired) electrons. The van der Waals surface area contributed by atoms with Crippen LogP contribution in [0.4, 0.5) is 0 Å². The maximum atomic E-state index is 11.3. The van der Waals surface area contributed by atoms with Crippen LogP contribution in [0.1, 0.15) is 26.2 Å². The van der Waals surface area contributed by atoms with E-state index in [1.54, 1.807) is 0 Å². The molecule has 6 heteroatoms. The molecule has 0 spiro atoms. The Balaban J connectivity index is 4.11. The topological polar surface area (TPSA) is 83.8 Å². The molecular formula is C8H17O5P. The fourth-order valence-electron chi connectivity index (χ4n) is 1.10. The van der Waals surface area contributed by atoms with E-state index in [1.807, 2.05) is 6.92 Å². The summed E-state index contributed by atoms with van der Waals surface area (Å²) in [4.78, 5) is 28.5. The zero-order valence-electron chi connectivity index (χ0n) is 8.47. The van der Waals surface area contributed by atoms with E-state index < -0.39 is 25.6 Å². The second-order valence-corrected chi connectivity index (χ2v) is 4.80. The number of ketones is 1. The first-order valence-electron chi connectivity index (χ1n) is 4.50. The summed E-state index contributed by atoms with van der Waals surface area (Å²) in [6, 6.07) is 0. The van der Waals surface area contributed by atoms with Gasteiger partial charge in [-0.1, -0.05) is 19.8 Å². The Labute approximate surface area is 83.6 Å². The molecule has 0 saturated heterocycles. The highest BCUT2D eigenvalue weighted by Gasteiger charge is 2.25. The van der Waals surface area contributed by atoms with Gasteiger partial charge in [-0.05, 0) is 6.42 Å². The van der Waals surface area contributed by atoms with Crippen molar-refractivity contribution in [2.24, 2.45) is 0 Å². The number of rotatable bonds is 7. The molecule has 0 aliphatic heterocycles. The predicted molar refractivity (Wildman–Crippen MR) is 52.2 cm³/mol. The molecule has 1 unspecified atom stereocenters. The van der Waals surface area contributed by atoms with Gasteiger partial charge in [0, 0.05) is 7.11 Å². The van der Waals surface area contributed by atoms with Crippen LogP contribution < -0.4 is 0 Å². The fourth-order valence-corrected chi connectivity index (χ4v) is 1.71. The minimum absolute atomic E-state index is 0.519. The number of Topliss-reactive ketones (excluding diaryl/α,β-unsaturated/α-hetero) is 1. The number of methoxy groups -OCH3 is 1. The summed E-state index contributed by atoms with van der Waals surface area (Å²) in [5, 5.41) is 0. The highest BCUT2D eigenvalue weighted by molar-refractivity contribution is 7.52. The normalized spacial score (nSPS) is 14.0. The summed E-state index contributed by atoms with van der Waals surface area (Å²) in [6.45, 7) is 1.97. The highest BCUT2D eigenvalue weighted by Crippen LogP contribution is 2.34. The molecule has 0 rings (SSSR count). The monoisotopic (exact) mass is 224 g/mol. The van der Waals surface area contributed by atoms with Crippen molar-refractivity contribution >= 4 is 13.4 Å². The van der Waals surface area contributed by atoms with E-state index in [1.165, 1.54) is 7.11 Å². The van der Waals surface area contributed by atoms with Gasteiger partial charge in [0.1, 0.15) is 12.3 Å². The van der Waals surface area contributed by atoms with Crippen LogP contribution in [0.2, 0.25) is 0 Å². The Morgan fingerprint density at radius 2 is 2.07 bits per heavy atom. The molecule has 0 aromatic heterocycles. The van der Waals surface area contributed by atoms with Crippen LogP contribution in [0.3, 0.4) is 0 Å². The van der Waals surface area contributed by atoms with E-state index in [9.17, 15) is 9.36 Å². The van der Waals surface area contributed by atoms with Gasteiger partial charge in [0.25, 0.3) is 0 Å². The first-order chi connectivity index (χ1) is 6.40. The molecule has 0 aliphatic rings. The molecule has 5 nitrogen and oxygen atoms in total. The third-order valence-corrected chi connectivity index (χ3v) is 2.55. The minimum Gasteiger partial charge on any atom is -0.374 e. The number of carbonyl (C=O) groups is 1. The molecule has 1 atom stereocenters. The standard InChI is InChI=1S/C8H17O5P/c1-3-4-5-8(13-2)7(9)6-14(10,11)12/h8H,3-6H2,1-2H3,(H2,10,11,12). The fraction of sp³-hybridized carbons (Fsp3) is 0.875. The van der Waals surface area contributed by atoms with Gasteiger partial charge < -0.3 is 14.5 Å². The molecule has 0 aromatic carbocycles. The molecule has 84 valence electrons. The average molecular weight is 224 g/mol. The number of hydrogen-bond donors (Lipinski definition) is 2. The van der Waals surface area contributed by atoms with Gasteiger partial charge in [-0.2, -0.15) is 0 Å². The molecule has 0 amide bonds. The van der Waals surface area contributed by atoms with Gasteiger partial charge in [0.05, 0.1) is 0 Å². The van der Waals surface area contributed by atoms with E-state index in [0.717, 1.165) is 12.8 Å². The van der Waals surface area contributed by atoms with Crippen LogP contribution in [-0.4, -0.2) is 34.9 Å². The molecular weight excluding hydrogens is 207 g/mol. The summed E-state index contributed by atoms with van der Waals surface area (Å²) in [5.41, 5.74) is 0. The van der Waals surface area contributed by atoms with Gasteiger partial charge in [0.2, 0.25) is 0 Å². The largest absolute Gasteiger partial charge is 0.374 e. The van der Waals surface area contributed by atoms with Gasteiger partial charge in [0.15, 0.2) is 5.78 Å². The Bertz CT molecular complexity index is 222. The first-order valence-corrected chi connectivity index (χ1v) is 6.30. The molecule has 0 saturated carbocycles. The van der Waals surface area contributed by atoms with Gasteiger partial charge in [-0.15, -0.1) is 0 Å². The third-order valence-electron chi connectivity index (χ3n) is 1.83. The smallest absolute Gasteiger partial charge is 0.333 e. The van der Waals surface area contributed by atoms with Crippen LogP contribution in [0.25, 0.3) is 0 Å². The van der Waals surface area contributed by atoms with Crippen LogP contribution >= 0.6 is 7.60 Å². The van der Waals surface area contributed by atoms with Crippen molar-refractivity contribution in [2.75, 3.05) is 13.3 Å². The van der Waals surface area contributed by atoms with Crippen LogP contribution in [0.5, 0.6) is 0 Å². The Kier molecular flexibility index (Phi) is 6.20. The van der Waals surface area contributed by atoms with E-state index in [0.29, 0.717) is 6.42 Å². The number of unbranched alkanes of at least 4 members (excludes halogenated alkanes) is 1. The molecule has 0 fully saturated rings. The van der Waals surface area contributed by atoms with E-state index in [4.69, 9.17) is 14.5 Å². The van der Waals surface area contributed by atoms with Crippen molar-refractivity contribution in [1.29, 1.82) is 0 Å². The zero-order chi connectivity index (χ0) is 11.2. The van der Waals surface area contributed by atoms with E-state index in [-0.39, 0.29) is 0 Å². The molecule has 0 aromatic rings. The zero-order valence-corrected chi connectivity index (χ0v) is 9.37. The summed E-state index contributed by atoms with van der Waals surface area (Å²) in [6.07, 6.45) is 0.845. The lowest BCUT2D eigenvalue weighted by Crippen LogP contribution is -2.25. The van der Waals surface area contributed by atoms with Crippen LogP contribution in [0, 0.1) is 0 Å². The molecule has 0 bridgehead atoms. The molecule has 2 N–H and O–H groups in total. The molecule has 0 aliphatic carbocycles. The number of hydrogen-bond acceptors (Lipinski definition) is 3. The maximum absolute atomic E-state index is 11.3. The van der Waals surface area contributed by atoms with Crippen molar-refractivity contribution in [3.05, 3.63) is 0 Å². The number of carbonyl (C=O) groups excluding carboxylic acids is 1. The highest BCUT2D eigenvalue weighted by atomic mass is 31.2. The second kappa shape index (κ2) is 6.30. The predicted octanol–water partition coefficient (Wildman–Crippen LogP) is 0.938. The van der Waals surface area contributed by atoms with Crippen LogP contribution in [0.15, 0.2) is 0 Å².